The average Bonchev–Trinajstić information content (AvgIpc) is 2.58. The first-order valence-corrected chi connectivity index (χ1v) is 6.89. The van der Waals surface area contributed by atoms with E-state index in [1.807, 2.05) is 0 Å². The molecule has 0 aromatic rings. The molecule has 0 spiro atoms. The SMILES string of the molecule is CC1CCC(NC(=O)CCSCC(N)=O)C1. The minimum atomic E-state index is -0.324. The van der Waals surface area contributed by atoms with E-state index < -0.39 is 0 Å². The maximum Gasteiger partial charge on any atom is 0.227 e. The van der Waals surface area contributed by atoms with Crippen LogP contribution in [0.3, 0.4) is 0 Å². The number of nitrogens with one attached hydrogen (secondary N) is 1. The van der Waals surface area contributed by atoms with Crippen molar-refractivity contribution in [2.75, 3.05) is 11.5 Å². The van der Waals surface area contributed by atoms with Gasteiger partial charge in [-0.3, -0.25) is 9.59 Å². The van der Waals surface area contributed by atoms with Gasteiger partial charge in [-0.05, 0) is 25.2 Å². The molecule has 2 atom stereocenters. The first-order valence-electron chi connectivity index (χ1n) is 5.73. The lowest BCUT2D eigenvalue weighted by Gasteiger charge is -2.11. The third-order valence-electron chi connectivity index (χ3n) is 2.78. The van der Waals surface area contributed by atoms with E-state index in [1.54, 1.807) is 0 Å². The van der Waals surface area contributed by atoms with Crippen LogP contribution >= 0.6 is 11.8 Å². The maximum atomic E-state index is 11.5. The van der Waals surface area contributed by atoms with E-state index >= 15 is 0 Å². The molecule has 0 aliphatic heterocycles. The Labute approximate surface area is 101 Å². The van der Waals surface area contributed by atoms with Crippen molar-refractivity contribution in [2.45, 2.75) is 38.6 Å². The zero-order chi connectivity index (χ0) is 12.0. The van der Waals surface area contributed by atoms with E-state index in [4.69, 9.17) is 5.73 Å². The van der Waals surface area contributed by atoms with Gasteiger partial charge in [0.25, 0.3) is 0 Å². The Bertz CT molecular complexity index is 258. The number of carbonyl (C=O) groups is 2. The molecule has 5 heteroatoms. The summed E-state index contributed by atoms with van der Waals surface area (Å²) in [6, 6.07) is 0.364. The van der Waals surface area contributed by atoms with E-state index in [-0.39, 0.29) is 11.8 Å². The molecule has 1 saturated carbocycles. The molecular formula is C11H20N2O2S. The fourth-order valence-electron chi connectivity index (χ4n) is 1.98. The second-order valence-electron chi connectivity index (χ2n) is 4.45. The van der Waals surface area contributed by atoms with Crippen LogP contribution in [-0.4, -0.2) is 29.4 Å². The maximum absolute atomic E-state index is 11.5. The minimum absolute atomic E-state index is 0.0936. The van der Waals surface area contributed by atoms with Gasteiger partial charge in [-0.1, -0.05) is 6.92 Å². The zero-order valence-electron chi connectivity index (χ0n) is 9.70. The van der Waals surface area contributed by atoms with E-state index in [0.29, 0.717) is 24.0 Å². The summed E-state index contributed by atoms with van der Waals surface area (Å²) in [4.78, 5) is 22.0. The van der Waals surface area contributed by atoms with Crippen molar-refractivity contribution >= 4 is 23.6 Å². The summed E-state index contributed by atoms with van der Waals surface area (Å²) in [7, 11) is 0. The topological polar surface area (TPSA) is 72.2 Å². The summed E-state index contributed by atoms with van der Waals surface area (Å²) in [5.41, 5.74) is 5.00. The number of nitrogens with two attached hydrogens (primary N) is 1. The number of hydrogen-bond donors (Lipinski definition) is 2. The molecule has 0 bridgehead atoms. The molecule has 1 fully saturated rings. The van der Waals surface area contributed by atoms with E-state index in [2.05, 4.69) is 12.2 Å². The van der Waals surface area contributed by atoms with Gasteiger partial charge in [-0.2, -0.15) is 11.8 Å². The summed E-state index contributed by atoms with van der Waals surface area (Å²) >= 11 is 1.41. The Hall–Kier alpha value is -0.710. The summed E-state index contributed by atoms with van der Waals surface area (Å²) < 4.78 is 0. The molecule has 16 heavy (non-hydrogen) atoms. The molecule has 0 aromatic carbocycles. The third kappa shape index (κ3) is 5.39. The summed E-state index contributed by atoms with van der Waals surface area (Å²) in [5, 5.41) is 3.03. The Morgan fingerprint density at radius 1 is 1.44 bits per heavy atom. The van der Waals surface area contributed by atoms with Gasteiger partial charge in [0.15, 0.2) is 0 Å². The quantitative estimate of drug-likeness (QED) is 0.682. The number of primary amides is 1. The van der Waals surface area contributed by atoms with Crippen molar-refractivity contribution in [1.29, 1.82) is 0 Å². The molecule has 4 nitrogen and oxygen atoms in total. The lowest BCUT2D eigenvalue weighted by atomic mass is 10.1. The van der Waals surface area contributed by atoms with Crippen molar-refractivity contribution in [3.63, 3.8) is 0 Å². The molecule has 92 valence electrons. The number of thioether (sulfide) groups is 1. The van der Waals surface area contributed by atoms with Crippen LogP contribution in [0.4, 0.5) is 0 Å². The van der Waals surface area contributed by atoms with Gasteiger partial charge >= 0.3 is 0 Å². The van der Waals surface area contributed by atoms with E-state index in [1.165, 1.54) is 18.2 Å². The largest absolute Gasteiger partial charge is 0.369 e. The molecule has 3 N–H and O–H groups in total. The molecule has 1 aliphatic carbocycles. The average molecular weight is 244 g/mol. The lowest BCUT2D eigenvalue weighted by molar-refractivity contribution is -0.121. The van der Waals surface area contributed by atoms with Gasteiger partial charge in [-0.25, -0.2) is 0 Å². The first kappa shape index (κ1) is 13.4. The van der Waals surface area contributed by atoms with Crippen LogP contribution in [-0.2, 0) is 9.59 Å². The van der Waals surface area contributed by atoms with Gasteiger partial charge in [0.1, 0.15) is 0 Å². The Morgan fingerprint density at radius 3 is 2.75 bits per heavy atom. The Balaban J connectivity index is 2.05. The van der Waals surface area contributed by atoms with Crippen LogP contribution in [0.1, 0.15) is 32.6 Å². The highest BCUT2D eigenvalue weighted by Gasteiger charge is 2.22. The molecule has 1 aliphatic rings. The van der Waals surface area contributed by atoms with Gasteiger partial charge in [0, 0.05) is 18.2 Å². The normalized spacial score (nSPS) is 24.3. The molecule has 0 radical (unpaired) electrons. The molecule has 2 amide bonds. The summed E-state index contributed by atoms with van der Waals surface area (Å²) in [5.74, 6) is 1.46. The highest BCUT2D eigenvalue weighted by molar-refractivity contribution is 7.99. The van der Waals surface area contributed by atoms with Gasteiger partial charge in [0.2, 0.25) is 11.8 Å². The predicted octanol–water partition coefficient (Wildman–Crippen LogP) is 0.900. The van der Waals surface area contributed by atoms with Crippen molar-refractivity contribution in [2.24, 2.45) is 11.7 Å². The van der Waals surface area contributed by atoms with Crippen LogP contribution in [0.25, 0.3) is 0 Å². The number of rotatable bonds is 6. The number of amides is 2. The Kier molecular flexibility index (Phi) is 5.66. The number of hydrogen-bond acceptors (Lipinski definition) is 3. The predicted molar refractivity (Wildman–Crippen MR) is 66.1 cm³/mol. The van der Waals surface area contributed by atoms with Crippen LogP contribution in [0.5, 0.6) is 0 Å². The summed E-state index contributed by atoms with van der Waals surface area (Å²) in [6.45, 7) is 2.22. The van der Waals surface area contributed by atoms with Crippen molar-refractivity contribution in [1.82, 2.24) is 5.32 Å². The van der Waals surface area contributed by atoms with Crippen molar-refractivity contribution in [3.8, 4) is 0 Å². The highest BCUT2D eigenvalue weighted by atomic mass is 32.2. The van der Waals surface area contributed by atoms with Crippen LogP contribution in [0, 0.1) is 5.92 Å². The molecule has 0 heterocycles. The van der Waals surface area contributed by atoms with Crippen molar-refractivity contribution in [3.05, 3.63) is 0 Å². The fraction of sp³-hybridized carbons (Fsp3) is 0.818. The molecule has 0 aromatic heterocycles. The number of carbonyl (C=O) groups excluding carboxylic acids is 2. The summed E-state index contributed by atoms with van der Waals surface area (Å²) in [6.07, 6.45) is 3.88. The standard InChI is InChI=1S/C11H20N2O2S/c1-8-2-3-9(6-8)13-11(15)4-5-16-7-10(12)14/h8-9H,2-7H2,1H3,(H2,12,14)(H,13,15). The van der Waals surface area contributed by atoms with Gasteiger partial charge in [0.05, 0.1) is 5.75 Å². The molecular weight excluding hydrogens is 224 g/mol. The van der Waals surface area contributed by atoms with Crippen molar-refractivity contribution < 1.29 is 9.59 Å². The van der Waals surface area contributed by atoms with E-state index in [0.717, 1.165) is 18.8 Å². The fourth-order valence-corrected chi connectivity index (χ4v) is 2.65. The van der Waals surface area contributed by atoms with Crippen LogP contribution < -0.4 is 11.1 Å². The highest BCUT2D eigenvalue weighted by Crippen LogP contribution is 2.24. The van der Waals surface area contributed by atoms with E-state index in [9.17, 15) is 9.59 Å². The molecule has 1 rings (SSSR count). The first-order chi connectivity index (χ1) is 7.58. The van der Waals surface area contributed by atoms with Crippen LogP contribution in [0.2, 0.25) is 0 Å². The van der Waals surface area contributed by atoms with Gasteiger partial charge < -0.3 is 11.1 Å². The van der Waals surface area contributed by atoms with Gasteiger partial charge in [-0.15, -0.1) is 0 Å². The minimum Gasteiger partial charge on any atom is -0.369 e. The molecule has 2 unspecified atom stereocenters. The Morgan fingerprint density at radius 2 is 2.19 bits per heavy atom. The monoisotopic (exact) mass is 244 g/mol. The third-order valence-corrected chi connectivity index (χ3v) is 3.76. The van der Waals surface area contributed by atoms with Crippen LogP contribution in [0.15, 0.2) is 0 Å². The smallest absolute Gasteiger partial charge is 0.227 e. The zero-order valence-corrected chi connectivity index (χ0v) is 10.5. The second-order valence-corrected chi connectivity index (χ2v) is 5.56. The second kappa shape index (κ2) is 6.78. The lowest BCUT2D eigenvalue weighted by Crippen LogP contribution is -2.33. The molecule has 0 saturated heterocycles.